The quantitative estimate of drug-likeness (QED) is 0.620. The Balaban J connectivity index is 2.20. The average Bonchev–Trinajstić information content (AvgIpc) is 2.57. The maximum absolute atomic E-state index is 9.34. The summed E-state index contributed by atoms with van der Waals surface area (Å²) in [6.07, 6.45) is 0. The van der Waals surface area contributed by atoms with Gasteiger partial charge in [0, 0.05) is 11.8 Å². The molecule has 0 amide bonds. The van der Waals surface area contributed by atoms with Crippen molar-refractivity contribution in [3.05, 3.63) is 23.8 Å². The standard InChI is InChI=1S/C10H13NO2S/c1-6-5-14-10(11-6)7-2-3-8(12)9(13)4-7/h2-4,6,10-13H,5H2,1H3. The molecule has 0 bridgehead atoms. The Morgan fingerprint density at radius 3 is 2.71 bits per heavy atom. The molecule has 76 valence electrons. The lowest BCUT2D eigenvalue weighted by molar-refractivity contribution is 0.403. The van der Waals surface area contributed by atoms with E-state index in [0.29, 0.717) is 6.04 Å². The minimum absolute atomic E-state index is 0.0514. The summed E-state index contributed by atoms with van der Waals surface area (Å²) < 4.78 is 0. The van der Waals surface area contributed by atoms with E-state index in [1.807, 2.05) is 17.8 Å². The lowest BCUT2D eigenvalue weighted by atomic mass is 10.2. The van der Waals surface area contributed by atoms with Crippen LogP contribution < -0.4 is 5.32 Å². The third kappa shape index (κ3) is 1.81. The van der Waals surface area contributed by atoms with Crippen molar-refractivity contribution in [1.82, 2.24) is 5.32 Å². The summed E-state index contributed by atoms with van der Waals surface area (Å²) in [4.78, 5) is 0. The average molecular weight is 211 g/mol. The van der Waals surface area contributed by atoms with Crippen LogP contribution in [0.15, 0.2) is 18.2 Å². The van der Waals surface area contributed by atoms with Crippen molar-refractivity contribution in [2.75, 3.05) is 5.75 Å². The largest absolute Gasteiger partial charge is 0.504 e. The van der Waals surface area contributed by atoms with Gasteiger partial charge in [0.15, 0.2) is 11.5 Å². The first-order valence-electron chi connectivity index (χ1n) is 4.56. The van der Waals surface area contributed by atoms with Crippen molar-refractivity contribution in [2.24, 2.45) is 0 Å². The molecule has 0 saturated carbocycles. The Morgan fingerprint density at radius 1 is 1.36 bits per heavy atom. The smallest absolute Gasteiger partial charge is 0.157 e. The molecular formula is C10H13NO2S. The number of phenolic OH excluding ortho intramolecular Hbond substituents is 2. The van der Waals surface area contributed by atoms with Crippen LogP contribution in [0.4, 0.5) is 0 Å². The molecule has 1 aliphatic heterocycles. The Bertz CT molecular complexity index is 343. The SMILES string of the molecule is CC1CSC(c2ccc(O)c(O)c2)N1. The van der Waals surface area contributed by atoms with Gasteiger partial charge in [0.1, 0.15) is 0 Å². The van der Waals surface area contributed by atoms with Crippen LogP contribution in [0, 0.1) is 0 Å². The zero-order valence-corrected chi connectivity index (χ0v) is 8.71. The van der Waals surface area contributed by atoms with Gasteiger partial charge in [-0.15, -0.1) is 11.8 Å². The molecule has 3 N–H and O–H groups in total. The van der Waals surface area contributed by atoms with Crippen LogP contribution in [0.3, 0.4) is 0 Å². The zero-order valence-electron chi connectivity index (χ0n) is 7.90. The minimum atomic E-state index is -0.0650. The van der Waals surface area contributed by atoms with Crippen molar-refractivity contribution in [1.29, 1.82) is 0 Å². The van der Waals surface area contributed by atoms with Crippen molar-refractivity contribution in [3.63, 3.8) is 0 Å². The van der Waals surface area contributed by atoms with Gasteiger partial charge in [-0.1, -0.05) is 6.07 Å². The van der Waals surface area contributed by atoms with Crippen LogP contribution in [0.2, 0.25) is 0 Å². The fourth-order valence-electron chi connectivity index (χ4n) is 1.49. The highest BCUT2D eigenvalue weighted by Crippen LogP contribution is 2.36. The van der Waals surface area contributed by atoms with Crippen molar-refractivity contribution < 1.29 is 10.2 Å². The topological polar surface area (TPSA) is 52.5 Å². The highest BCUT2D eigenvalue weighted by atomic mass is 32.2. The van der Waals surface area contributed by atoms with Gasteiger partial charge in [-0.25, -0.2) is 0 Å². The molecule has 0 aromatic heterocycles. The number of hydrogen-bond acceptors (Lipinski definition) is 4. The van der Waals surface area contributed by atoms with Crippen molar-refractivity contribution in [3.8, 4) is 11.5 Å². The van der Waals surface area contributed by atoms with Crippen LogP contribution in [0.25, 0.3) is 0 Å². The first-order valence-corrected chi connectivity index (χ1v) is 5.61. The number of hydrogen-bond donors (Lipinski definition) is 3. The monoisotopic (exact) mass is 211 g/mol. The van der Waals surface area contributed by atoms with Crippen LogP contribution in [-0.2, 0) is 0 Å². The lowest BCUT2D eigenvalue weighted by Gasteiger charge is -2.11. The maximum Gasteiger partial charge on any atom is 0.157 e. The van der Waals surface area contributed by atoms with Crippen molar-refractivity contribution in [2.45, 2.75) is 18.3 Å². The predicted octanol–water partition coefficient (Wildman–Crippen LogP) is 1.82. The predicted molar refractivity (Wildman–Crippen MR) is 57.6 cm³/mol. The maximum atomic E-state index is 9.34. The van der Waals surface area contributed by atoms with Gasteiger partial charge < -0.3 is 10.2 Å². The van der Waals surface area contributed by atoms with Crippen LogP contribution >= 0.6 is 11.8 Å². The van der Waals surface area contributed by atoms with Crippen LogP contribution in [0.5, 0.6) is 11.5 Å². The highest BCUT2D eigenvalue weighted by molar-refractivity contribution is 7.99. The van der Waals surface area contributed by atoms with Gasteiger partial charge in [-0.3, -0.25) is 5.32 Å². The van der Waals surface area contributed by atoms with E-state index in [2.05, 4.69) is 12.2 Å². The fraction of sp³-hybridized carbons (Fsp3) is 0.400. The van der Waals surface area contributed by atoms with E-state index in [-0.39, 0.29) is 16.9 Å². The first kappa shape index (κ1) is 9.68. The summed E-state index contributed by atoms with van der Waals surface area (Å²) in [6, 6.07) is 5.46. The molecule has 2 unspecified atom stereocenters. The number of aromatic hydroxyl groups is 2. The van der Waals surface area contributed by atoms with Crippen LogP contribution in [0.1, 0.15) is 17.9 Å². The molecule has 1 aromatic rings. The van der Waals surface area contributed by atoms with Crippen molar-refractivity contribution >= 4 is 11.8 Å². The number of benzene rings is 1. The number of nitrogens with one attached hydrogen (secondary N) is 1. The summed E-state index contributed by atoms with van der Waals surface area (Å²) in [7, 11) is 0. The van der Waals surface area contributed by atoms with E-state index < -0.39 is 0 Å². The Morgan fingerprint density at radius 2 is 2.14 bits per heavy atom. The van der Waals surface area contributed by atoms with E-state index in [4.69, 9.17) is 5.11 Å². The lowest BCUT2D eigenvalue weighted by Crippen LogP contribution is -2.21. The summed E-state index contributed by atoms with van der Waals surface area (Å²) in [5, 5.41) is 22.1. The van der Waals surface area contributed by atoms with E-state index in [1.54, 1.807) is 6.07 Å². The molecule has 14 heavy (non-hydrogen) atoms. The second-order valence-electron chi connectivity index (χ2n) is 3.53. The second-order valence-corrected chi connectivity index (χ2v) is 4.67. The summed E-state index contributed by atoms with van der Waals surface area (Å²) in [5.41, 5.74) is 1.01. The Hall–Kier alpha value is -0.870. The Labute approximate surface area is 87.1 Å². The van der Waals surface area contributed by atoms with Gasteiger partial charge in [-0.2, -0.15) is 0 Å². The highest BCUT2D eigenvalue weighted by Gasteiger charge is 2.22. The molecule has 0 radical (unpaired) electrons. The fourth-order valence-corrected chi connectivity index (χ4v) is 2.74. The second kappa shape index (κ2) is 3.71. The first-order chi connectivity index (χ1) is 6.66. The molecule has 1 aromatic carbocycles. The molecule has 0 aliphatic carbocycles. The molecule has 1 saturated heterocycles. The summed E-state index contributed by atoms with van der Waals surface area (Å²) in [5.74, 6) is 0.959. The van der Waals surface area contributed by atoms with Gasteiger partial charge in [0.2, 0.25) is 0 Å². The molecule has 1 heterocycles. The van der Waals surface area contributed by atoms with Gasteiger partial charge in [0.05, 0.1) is 5.37 Å². The van der Waals surface area contributed by atoms with Crippen LogP contribution in [-0.4, -0.2) is 22.0 Å². The Kier molecular flexibility index (Phi) is 2.56. The zero-order chi connectivity index (χ0) is 10.1. The third-order valence-electron chi connectivity index (χ3n) is 2.25. The molecule has 1 aliphatic rings. The third-order valence-corrected chi connectivity index (χ3v) is 3.69. The van der Waals surface area contributed by atoms with Gasteiger partial charge in [0.25, 0.3) is 0 Å². The van der Waals surface area contributed by atoms with E-state index in [1.165, 1.54) is 6.07 Å². The van der Waals surface area contributed by atoms with E-state index in [9.17, 15) is 5.11 Å². The van der Waals surface area contributed by atoms with Gasteiger partial charge in [-0.05, 0) is 24.6 Å². The number of rotatable bonds is 1. The molecule has 2 atom stereocenters. The molecule has 4 heteroatoms. The molecule has 1 fully saturated rings. The van der Waals surface area contributed by atoms with E-state index >= 15 is 0 Å². The summed E-state index contributed by atoms with van der Waals surface area (Å²) >= 11 is 1.81. The normalized spacial score (nSPS) is 26.6. The molecule has 0 spiro atoms. The molecular weight excluding hydrogens is 198 g/mol. The van der Waals surface area contributed by atoms with E-state index in [0.717, 1.165) is 11.3 Å². The molecule has 2 rings (SSSR count). The van der Waals surface area contributed by atoms with Gasteiger partial charge >= 0.3 is 0 Å². The number of thioether (sulfide) groups is 1. The summed E-state index contributed by atoms with van der Waals surface area (Å²) in [6.45, 7) is 2.13. The minimum Gasteiger partial charge on any atom is -0.504 e. The number of phenols is 2. The molecule has 3 nitrogen and oxygen atoms in total.